The lowest BCUT2D eigenvalue weighted by Gasteiger charge is -2.21. The van der Waals surface area contributed by atoms with Gasteiger partial charge in [0.1, 0.15) is 19.3 Å². The van der Waals surface area contributed by atoms with E-state index in [1.54, 1.807) is 0 Å². The fraction of sp³-hybridized carbons (Fsp3) is 0.956. The van der Waals surface area contributed by atoms with E-state index in [4.69, 9.17) is 37.0 Å². The van der Waals surface area contributed by atoms with Gasteiger partial charge in [-0.15, -0.1) is 0 Å². The van der Waals surface area contributed by atoms with Crippen molar-refractivity contribution in [3.8, 4) is 0 Å². The molecule has 17 nitrogen and oxygen atoms in total. The quantitative estimate of drug-likeness (QED) is 0.0222. The van der Waals surface area contributed by atoms with Crippen molar-refractivity contribution in [1.29, 1.82) is 0 Å². The maximum absolute atomic E-state index is 13.2. The van der Waals surface area contributed by atoms with Gasteiger partial charge in [0, 0.05) is 25.7 Å². The summed E-state index contributed by atoms with van der Waals surface area (Å²) >= 11 is 0. The first kappa shape index (κ1) is 107. The van der Waals surface area contributed by atoms with Gasteiger partial charge >= 0.3 is 39.5 Å². The molecule has 0 saturated carbocycles. The van der Waals surface area contributed by atoms with Gasteiger partial charge in [0.05, 0.1) is 26.4 Å². The van der Waals surface area contributed by atoms with Crippen molar-refractivity contribution in [2.75, 3.05) is 39.6 Å². The predicted octanol–water partition coefficient (Wildman–Crippen LogP) is 28.1. The summed E-state index contributed by atoms with van der Waals surface area (Å²) < 4.78 is 69.0. The summed E-state index contributed by atoms with van der Waals surface area (Å²) in [6, 6.07) is 0. The number of hydrogen-bond acceptors (Lipinski definition) is 15. The fourth-order valence-electron chi connectivity index (χ4n) is 14.2. The van der Waals surface area contributed by atoms with Crippen LogP contribution in [0.25, 0.3) is 0 Å². The normalized spacial score (nSPS) is 13.6. The summed E-state index contributed by atoms with van der Waals surface area (Å²) in [4.78, 5) is 73.3. The zero-order chi connectivity index (χ0) is 79.6. The van der Waals surface area contributed by atoms with Gasteiger partial charge in [0.2, 0.25) is 0 Å². The Bertz CT molecular complexity index is 2050. The van der Waals surface area contributed by atoms with Gasteiger partial charge in [0.25, 0.3) is 0 Å². The molecular formula is C90H176O17P2. The smallest absolute Gasteiger partial charge is 0.462 e. The molecule has 648 valence electrons. The lowest BCUT2D eigenvalue weighted by Crippen LogP contribution is -2.30. The Labute approximate surface area is 670 Å². The van der Waals surface area contributed by atoms with Gasteiger partial charge in [-0.2, -0.15) is 0 Å². The maximum Gasteiger partial charge on any atom is 0.472 e. The van der Waals surface area contributed by atoms with Crippen LogP contribution in [0, 0.1) is 0 Å². The van der Waals surface area contributed by atoms with E-state index >= 15 is 0 Å². The Balaban J connectivity index is 5.21. The number of phosphoric acid groups is 2. The number of esters is 4. The van der Waals surface area contributed by atoms with Gasteiger partial charge in [-0.05, 0) is 25.7 Å². The number of carbonyl (C=O) groups excluding carboxylic acids is 4. The lowest BCUT2D eigenvalue weighted by atomic mass is 10.0. The number of unbranched alkanes of at least 4 members (excludes halogenated alkanes) is 65. The summed E-state index contributed by atoms with van der Waals surface area (Å²) in [7, 11) is -9.93. The zero-order valence-electron chi connectivity index (χ0n) is 71.5. The Hall–Kier alpha value is -1.94. The van der Waals surface area contributed by atoms with E-state index in [0.717, 1.165) is 89.9 Å². The van der Waals surface area contributed by atoms with E-state index in [-0.39, 0.29) is 25.7 Å². The molecule has 109 heavy (non-hydrogen) atoms. The van der Waals surface area contributed by atoms with Crippen molar-refractivity contribution in [3.05, 3.63) is 0 Å². The second-order valence-electron chi connectivity index (χ2n) is 32.3. The first-order valence-electron chi connectivity index (χ1n) is 46.8. The molecule has 19 heteroatoms. The van der Waals surface area contributed by atoms with Gasteiger partial charge in [-0.3, -0.25) is 37.3 Å². The van der Waals surface area contributed by atoms with E-state index in [1.165, 1.54) is 327 Å². The van der Waals surface area contributed by atoms with E-state index in [9.17, 15) is 43.2 Å². The molecule has 0 aromatic heterocycles. The number of aliphatic hydroxyl groups excluding tert-OH is 1. The van der Waals surface area contributed by atoms with E-state index in [2.05, 4.69) is 27.7 Å². The van der Waals surface area contributed by atoms with Crippen LogP contribution in [-0.2, 0) is 65.4 Å². The van der Waals surface area contributed by atoms with Crippen LogP contribution in [0.1, 0.15) is 496 Å². The largest absolute Gasteiger partial charge is 0.472 e. The number of rotatable bonds is 91. The molecule has 0 heterocycles. The molecule has 5 atom stereocenters. The standard InChI is InChI=1S/C90H176O17P2/c1-5-9-13-17-21-25-29-32-35-38-41-42-43-45-48-51-54-57-61-65-69-73-77-90(95)107-86(81-101-88(93)75-71-67-63-59-55-52-49-47-44-39-36-33-30-26-22-18-14-10-6-2)83-105-109(98,99)103-79-84(91)78-102-108(96,97)104-82-85(80-100-87(92)74-70-66-62-58-28-24-20-16-12-8-4)106-89(94)76-72-68-64-60-56-53-50-46-40-37-34-31-27-23-19-15-11-7-3/h84-86,91H,5-83H2,1-4H3,(H,96,97)(H,98,99)/t84-,85+,86+/m0/s1. The molecule has 0 aromatic rings. The highest BCUT2D eigenvalue weighted by Crippen LogP contribution is 2.45. The van der Waals surface area contributed by atoms with Crippen LogP contribution in [0.15, 0.2) is 0 Å². The number of ether oxygens (including phenoxy) is 4. The molecule has 0 saturated heterocycles. The molecule has 0 amide bonds. The molecule has 0 spiro atoms. The van der Waals surface area contributed by atoms with Crippen LogP contribution < -0.4 is 0 Å². The molecule has 3 N–H and O–H groups in total. The van der Waals surface area contributed by atoms with Gasteiger partial charge in [0.15, 0.2) is 12.2 Å². The molecule has 0 bridgehead atoms. The minimum atomic E-state index is -4.97. The summed E-state index contributed by atoms with van der Waals surface area (Å²) in [5.41, 5.74) is 0. The number of aliphatic hydroxyl groups is 1. The molecule has 2 unspecified atom stereocenters. The summed E-state index contributed by atoms with van der Waals surface area (Å²) in [6.45, 7) is 5.07. The van der Waals surface area contributed by atoms with Crippen LogP contribution in [-0.4, -0.2) is 96.7 Å². The summed E-state index contributed by atoms with van der Waals surface area (Å²) in [5.74, 6) is -2.09. The first-order chi connectivity index (χ1) is 53.2. The van der Waals surface area contributed by atoms with Crippen molar-refractivity contribution in [3.63, 3.8) is 0 Å². The monoisotopic (exact) mass is 1590 g/mol. The lowest BCUT2D eigenvalue weighted by molar-refractivity contribution is -0.161. The van der Waals surface area contributed by atoms with Crippen molar-refractivity contribution < 1.29 is 80.2 Å². The predicted molar refractivity (Wildman–Crippen MR) is 451 cm³/mol. The Kier molecular flexibility index (Phi) is 82.5. The van der Waals surface area contributed by atoms with E-state index in [0.29, 0.717) is 25.7 Å². The Morgan fingerprint density at radius 3 is 0.541 bits per heavy atom. The fourth-order valence-corrected chi connectivity index (χ4v) is 15.8. The SMILES string of the molecule is CCCCCCCCCCCCCCCCCCCCCCCCC(=O)O[C@H](COC(=O)CCCCCCCCCCCCCCCCCCCCC)COP(=O)(O)OC[C@@H](O)COP(=O)(O)OC[C@@H](COC(=O)CCCCCCCCCCCC)OC(=O)CCCCCCCCCCCCCCCCCCCC. The van der Waals surface area contributed by atoms with E-state index in [1.807, 2.05) is 0 Å². The van der Waals surface area contributed by atoms with Gasteiger partial charge < -0.3 is 33.8 Å². The highest BCUT2D eigenvalue weighted by molar-refractivity contribution is 7.47. The first-order valence-corrected chi connectivity index (χ1v) is 49.8. The highest BCUT2D eigenvalue weighted by Gasteiger charge is 2.30. The number of phosphoric ester groups is 2. The minimum absolute atomic E-state index is 0.109. The second-order valence-corrected chi connectivity index (χ2v) is 35.3. The average Bonchev–Trinajstić information content (AvgIpc) is 0.899. The topological polar surface area (TPSA) is 237 Å². The number of hydrogen-bond donors (Lipinski definition) is 3. The molecular weight excluding hydrogens is 1410 g/mol. The van der Waals surface area contributed by atoms with Crippen LogP contribution in [0.3, 0.4) is 0 Å². The third-order valence-electron chi connectivity index (χ3n) is 21.4. The molecule has 0 fully saturated rings. The van der Waals surface area contributed by atoms with Crippen molar-refractivity contribution >= 4 is 39.5 Å². The Morgan fingerprint density at radius 1 is 0.220 bits per heavy atom. The molecule has 0 aliphatic carbocycles. The second kappa shape index (κ2) is 84.0. The third-order valence-corrected chi connectivity index (χ3v) is 23.3. The highest BCUT2D eigenvalue weighted by atomic mass is 31.2. The minimum Gasteiger partial charge on any atom is -0.462 e. The zero-order valence-corrected chi connectivity index (χ0v) is 73.3. The van der Waals surface area contributed by atoms with E-state index < -0.39 is 97.5 Å². The van der Waals surface area contributed by atoms with Crippen molar-refractivity contribution in [1.82, 2.24) is 0 Å². The van der Waals surface area contributed by atoms with Crippen molar-refractivity contribution in [2.45, 2.75) is 515 Å². The number of carbonyl (C=O) groups is 4. The Morgan fingerprint density at radius 2 is 0.367 bits per heavy atom. The average molecular weight is 1590 g/mol. The van der Waals surface area contributed by atoms with Crippen molar-refractivity contribution in [2.24, 2.45) is 0 Å². The van der Waals surface area contributed by atoms with Crippen LogP contribution in [0.5, 0.6) is 0 Å². The van der Waals surface area contributed by atoms with Crippen LogP contribution in [0.2, 0.25) is 0 Å². The molecule has 0 aliphatic heterocycles. The molecule has 0 aliphatic rings. The van der Waals surface area contributed by atoms with Crippen LogP contribution >= 0.6 is 15.6 Å². The summed E-state index contributed by atoms with van der Waals surface area (Å²) in [6.07, 6.45) is 80.7. The molecule has 0 rings (SSSR count). The van der Waals surface area contributed by atoms with Gasteiger partial charge in [-0.25, -0.2) is 9.13 Å². The van der Waals surface area contributed by atoms with Crippen LogP contribution in [0.4, 0.5) is 0 Å². The van der Waals surface area contributed by atoms with Gasteiger partial charge in [-0.1, -0.05) is 445 Å². The molecule has 0 radical (unpaired) electrons. The molecule has 0 aromatic carbocycles. The third kappa shape index (κ3) is 83.8. The summed E-state index contributed by atoms with van der Waals surface area (Å²) in [5, 5.41) is 10.7. The maximum atomic E-state index is 13.2.